The van der Waals surface area contributed by atoms with Crippen LogP contribution in [0.3, 0.4) is 0 Å². The summed E-state index contributed by atoms with van der Waals surface area (Å²) in [6.45, 7) is 1.90. The second-order valence-corrected chi connectivity index (χ2v) is 7.03. The second-order valence-electron chi connectivity index (χ2n) is 5.08. The molecule has 5 nitrogen and oxygen atoms in total. The number of fused-ring (bicyclic) bond motifs is 2. The minimum Gasteiger partial charge on any atom is -0.453 e. The fourth-order valence-corrected chi connectivity index (χ4v) is 4.26. The van der Waals surface area contributed by atoms with Crippen molar-refractivity contribution in [2.45, 2.75) is 23.9 Å². The standard InChI is InChI=1S/C15H15NO4S/c1-10-3-6-12(7-4-10)21(18,19)14-9-11-5-8-13(14)16(11)15(17)20-2/h3-9,11,13H,1-2H3. The minimum atomic E-state index is -3.60. The van der Waals surface area contributed by atoms with E-state index in [0.29, 0.717) is 0 Å². The summed E-state index contributed by atoms with van der Waals surface area (Å²) in [5, 5.41) is 0. The van der Waals surface area contributed by atoms with E-state index in [1.165, 1.54) is 12.0 Å². The van der Waals surface area contributed by atoms with Crippen LogP contribution in [0.2, 0.25) is 0 Å². The maximum absolute atomic E-state index is 12.7. The Bertz CT molecular complexity index is 746. The van der Waals surface area contributed by atoms with Crippen LogP contribution in [-0.4, -0.2) is 38.6 Å². The van der Waals surface area contributed by atoms with E-state index in [0.717, 1.165) is 5.56 Å². The predicted octanol–water partition coefficient (Wildman–Crippen LogP) is 2.04. The van der Waals surface area contributed by atoms with Crippen molar-refractivity contribution in [3.8, 4) is 0 Å². The van der Waals surface area contributed by atoms with Crippen LogP contribution in [0.4, 0.5) is 4.79 Å². The number of amides is 1. The lowest BCUT2D eigenvalue weighted by Gasteiger charge is -2.22. The Labute approximate surface area is 123 Å². The van der Waals surface area contributed by atoms with Crippen LogP contribution < -0.4 is 0 Å². The van der Waals surface area contributed by atoms with Crippen LogP contribution in [-0.2, 0) is 14.6 Å². The van der Waals surface area contributed by atoms with Crippen molar-refractivity contribution in [3.05, 3.63) is 53.0 Å². The predicted molar refractivity (Wildman–Crippen MR) is 77.4 cm³/mol. The third kappa shape index (κ3) is 2.06. The molecule has 21 heavy (non-hydrogen) atoms. The topological polar surface area (TPSA) is 63.7 Å². The zero-order valence-corrected chi connectivity index (χ0v) is 12.5. The van der Waals surface area contributed by atoms with Crippen molar-refractivity contribution in [2.24, 2.45) is 0 Å². The molecule has 0 radical (unpaired) electrons. The molecular formula is C15H15NO4S. The van der Waals surface area contributed by atoms with Gasteiger partial charge in [-0.15, -0.1) is 0 Å². The van der Waals surface area contributed by atoms with Crippen LogP contribution in [0.15, 0.2) is 52.3 Å². The van der Waals surface area contributed by atoms with Crippen molar-refractivity contribution in [3.63, 3.8) is 0 Å². The Morgan fingerprint density at radius 3 is 2.48 bits per heavy atom. The average molecular weight is 305 g/mol. The first-order valence-corrected chi connectivity index (χ1v) is 8.01. The van der Waals surface area contributed by atoms with E-state index >= 15 is 0 Å². The summed E-state index contributed by atoms with van der Waals surface area (Å²) >= 11 is 0. The number of ether oxygens (including phenoxy) is 1. The van der Waals surface area contributed by atoms with E-state index in [-0.39, 0.29) is 15.8 Å². The van der Waals surface area contributed by atoms with Gasteiger partial charge < -0.3 is 4.74 Å². The fourth-order valence-electron chi connectivity index (χ4n) is 2.67. The molecule has 0 aromatic heterocycles. The molecule has 0 spiro atoms. The number of sulfone groups is 1. The van der Waals surface area contributed by atoms with Gasteiger partial charge in [0.1, 0.15) is 0 Å². The van der Waals surface area contributed by atoms with Gasteiger partial charge in [0.2, 0.25) is 9.84 Å². The molecule has 0 N–H and O–H groups in total. The summed E-state index contributed by atoms with van der Waals surface area (Å²) in [7, 11) is -2.31. The zero-order chi connectivity index (χ0) is 15.2. The Hall–Kier alpha value is -2.08. The summed E-state index contributed by atoms with van der Waals surface area (Å²) in [4.78, 5) is 13.7. The Balaban J connectivity index is 1.97. The highest BCUT2D eigenvalue weighted by atomic mass is 32.2. The van der Waals surface area contributed by atoms with Gasteiger partial charge in [0.15, 0.2) is 0 Å². The molecule has 1 aromatic carbocycles. The van der Waals surface area contributed by atoms with Gasteiger partial charge in [-0.3, -0.25) is 4.90 Å². The number of nitrogens with zero attached hydrogens (tertiary/aromatic N) is 1. The first-order chi connectivity index (χ1) is 9.95. The average Bonchev–Trinajstić information content (AvgIpc) is 3.05. The first kappa shape index (κ1) is 13.9. The number of carbonyl (C=O) groups excluding carboxylic acids is 1. The number of benzene rings is 1. The molecule has 2 bridgehead atoms. The number of rotatable bonds is 2. The third-order valence-corrected chi connectivity index (χ3v) is 5.66. The highest BCUT2D eigenvalue weighted by Crippen LogP contribution is 2.37. The van der Waals surface area contributed by atoms with Gasteiger partial charge >= 0.3 is 6.09 Å². The van der Waals surface area contributed by atoms with Gasteiger partial charge in [0, 0.05) is 0 Å². The molecule has 2 aliphatic rings. The second kappa shape index (κ2) is 4.73. The third-order valence-electron chi connectivity index (χ3n) is 3.77. The summed E-state index contributed by atoms with van der Waals surface area (Å²) in [6, 6.07) is 5.77. The molecule has 2 unspecified atom stereocenters. The molecular weight excluding hydrogens is 290 g/mol. The monoisotopic (exact) mass is 305 g/mol. The maximum atomic E-state index is 12.7. The number of methoxy groups -OCH3 is 1. The zero-order valence-electron chi connectivity index (χ0n) is 11.7. The molecule has 2 aliphatic heterocycles. The SMILES string of the molecule is COC(=O)N1C2C=CC1C(S(=O)(=O)c1ccc(C)cc1)=C2. The number of hydrogen-bond acceptors (Lipinski definition) is 4. The summed E-state index contributed by atoms with van der Waals surface area (Å²) < 4.78 is 30.1. The van der Waals surface area contributed by atoms with E-state index in [4.69, 9.17) is 4.74 Å². The normalized spacial score (nSPS) is 23.3. The van der Waals surface area contributed by atoms with Gasteiger partial charge in [-0.05, 0) is 25.1 Å². The number of carbonyl (C=O) groups is 1. The highest BCUT2D eigenvalue weighted by Gasteiger charge is 2.45. The number of hydrogen-bond donors (Lipinski definition) is 0. The Morgan fingerprint density at radius 2 is 1.86 bits per heavy atom. The van der Waals surface area contributed by atoms with Crippen molar-refractivity contribution < 1.29 is 17.9 Å². The molecule has 0 fully saturated rings. The van der Waals surface area contributed by atoms with Crippen molar-refractivity contribution >= 4 is 15.9 Å². The molecule has 0 saturated carbocycles. The molecule has 3 rings (SSSR count). The molecule has 1 amide bonds. The van der Waals surface area contributed by atoms with E-state index in [9.17, 15) is 13.2 Å². The smallest absolute Gasteiger partial charge is 0.411 e. The van der Waals surface area contributed by atoms with E-state index in [1.54, 1.807) is 42.5 Å². The molecule has 110 valence electrons. The van der Waals surface area contributed by atoms with E-state index < -0.39 is 22.0 Å². The van der Waals surface area contributed by atoms with Crippen LogP contribution in [0.25, 0.3) is 0 Å². The summed E-state index contributed by atoms with van der Waals surface area (Å²) in [5.41, 5.74) is 0.993. The Morgan fingerprint density at radius 1 is 1.19 bits per heavy atom. The van der Waals surface area contributed by atoms with Gasteiger partial charge in [-0.1, -0.05) is 29.8 Å². The summed E-state index contributed by atoms with van der Waals surface area (Å²) in [6.07, 6.45) is 4.61. The maximum Gasteiger partial charge on any atom is 0.411 e. The van der Waals surface area contributed by atoms with Gasteiger partial charge in [0.25, 0.3) is 0 Å². The minimum absolute atomic E-state index is 0.240. The molecule has 2 heterocycles. The molecule has 0 saturated heterocycles. The number of aryl methyl sites for hydroxylation is 1. The summed E-state index contributed by atoms with van der Waals surface area (Å²) in [5.74, 6) is 0. The van der Waals surface area contributed by atoms with Crippen LogP contribution in [0.5, 0.6) is 0 Å². The molecule has 1 aromatic rings. The lowest BCUT2D eigenvalue weighted by atomic mass is 10.2. The largest absolute Gasteiger partial charge is 0.453 e. The van der Waals surface area contributed by atoms with Crippen LogP contribution in [0.1, 0.15) is 5.56 Å². The molecule has 0 aliphatic carbocycles. The van der Waals surface area contributed by atoms with Crippen LogP contribution in [0, 0.1) is 6.92 Å². The fraction of sp³-hybridized carbons (Fsp3) is 0.267. The lowest BCUT2D eigenvalue weighted by Crippen LogP contribution is -2.38. The molecule has 6 heteroatoms. The quantitative estimate of drug-likeness (QED) is 0.784. The highest BCUT2D eigenvalue weighted by molar-refractivity contribution is 7.95. The molecule has 2 atom stereocenters. The van der Waals surface area contributed by atoms with Crippen LogP contribution >= 0.6 is 0 Å². The van der Waals surface area contributed by atoms with Gasteiger partial charge in [0.05, 0.1) is 29.0 Å². The van der Waals surface area contributed by atoms with Crippen molar-refractivity contribution in [1.29, 1.82) is 0 Å². The van der Waals surface area contributed by atoms with E-state index in [2.05, 4.69) is 0 Å². The van der Waals surface area contributed by atoms with E-state index in [1.807, 2.05) is 6.92 Å². The van der Waals surface area contributed by atoms with Gasteiger partial charge in [-0.25, -0.2) is 13.2 Å². The van der Waals surface area contributed by atoms with Gasteiger partial charge in [-0.2, -0.15) is 0 Å². The Kier molecular flexibility index (Phi) is 3.13. The lowest BCUT2D eigenvalue weighted by molar-refractivity contribution is 0.123. The van der Waals surface area contributed by atoms with Crippen molar-refractivity contribution in [2.75, 3.05) is 7.11 Å². The first-order valence-electron chi connectivity index (χ1n) is 6.53. The van der Waals surface area contributed by atoms with Crippen molar-refractivity contribution in [1.82, 2.24) is 4.90 Å².